The van der Waals surface area contributed by atoms with E-state index in [4.69, 9.17) is 19.6 Å². The molecule has 0 saturated heterocycles. The van der Waals surface area contributed by atoms with Crippen molar-refractivity contribution in [3.8, 4) is 28.8 Å². The molecule has 0 fully saturated rings. The first kappa shape index (κ1) is 15.0. The fourth-order valence-electron chi connectivity index (χ4n) is 2.42. The van der Waals surface area contributed by atoms with E-state index in [-0.39, 0.29) is 5.95 Å². The van der Waals surface area contributed by atoms with E-state index in [1.807, 2.05) is 37.3 Å². The van der Waals surface area contributed by atoms with Crippen LogP contribution in [0.15, 0.2) is 34.7 Å². The molecule has 0 unspecified atom stereocenters. The van der Waals surface area contributed by atoms with Crippen molar-refractivity contribution >= 4 is 5.95 Å². The molecule has 7 heteroatoms. The van der Waals surface area contributed by atoms with Gasteiger partial charge in [-0.05, 0) is 24.3 Å². The largest absolute Gasteiger partial charge is 0.494 e. The van der Waals surface area contributed by atoms with Crippen LogP contribution in [0.2, 0.25) is 0 Å². The number of hydrogen-bond acceptors (Lipinski definition) is 6. The molecule has 23 heavy (non-hydrogen) atoms. The van der Waals surface area contributed by atoms with E-state index in [0.717, 1.165) is 12.2 Å². The molecule has 0 aliphatic rings. The number of hydrogen-bond donors (Lipinski definition) is 1. The molecule has 3 rings (SSSR count). The maximum atomic E-state index is 6.03. The molecule has 2 heterocycles. The minimum Gasteiger partial charge on any atom is -0.494 e. The molecule has 0 amide bonds. The summed E-state index contributed by atoms with van der Waals surface area (Å²) < 4.78 is 18.3. The molecule has 2 N–H and O–H groups in total. The predicted molar refractivity (Wildman–Crippen MR) is 86.0 cm³/mol. The van der Waals surface area contributed by atoms with Crippen molar-refractivity contribution in [2.45, 2.75) is 13.3 Å². The van der Waals surface area contributed by atoms with Crippen molar-refractivity contribution in [2.24, 2.45) is 0 Å². The van der Waals surface area contributed by atoms with Gasteiger partial charge in [0.25, 0.3) is 0 Å². The van der Waals surface area contributed by atoms with Gasteiger partial charge in [-0.2, -0.15) is 0 Å². The number of aromatic nitrogens is 3. The summed E-state index contributed by atoms with van der Waals surface area (Å²) in [6, 6.07) is 9.23. The van der Waals surface area contributed by atoms with Gasteiger partial charge in [0, 0.05) is 6.42 Å². The molecule has 0 aliphatic heterocycles. The fourth-order valence-corrected chi connectivity index (χ4v) is 2.42. The minimum absolute atomic E-state index is 0.220. The summed E-state index contributed by atoms with van der Waals surface area (Å²) in [5.74, 6) is 3.35. The van der Waals surface area contributed by atoms with Gasteiger partial charge in [-0.1, -0.05) is 13.0 Å². The van der Waals surface area contributed by atoms with E-state index in [1.54, 1.807) is 18.8 Å². The second kappa shape index (κ2) is 6.04. The SMILES string of the molecule is CCc1ccc(-c2nnc(N)n2-c2c(OC)cccc2OC)o1. The highest BCUT2D eigenvalue weighted by atomic mass is 16.5. The molecule has 7 nitrogen and oxygen atoms in total. The number of benzene rings is 1. The molecular formula is C16H18N4O3. The van der Waals surface area contributed by atoms with Gasteiger partial charge >= 0.3 is 0 Å². The summed E-state index contributed by atoms with van der Waals surface area (Å²) in [6.07, 6.45) is 0.793. The molecule has 3 aromatic rings. The van der Waals surface area contributed by atoms with Crippen molar-refractivity contribution in [2.75, 3.05) is 20.0 Å². The van der Waals surface area contributed by atoms with Crippen LogP contribution in [-0.2, 0) is 6.42 Å². The molecule has 120 valence electrons. The Kier molecular flexibility index (Phi) is 3.92. The van der Waals surface area contributed by atoms with Crippen molar-refractivity contribution in [3.05, 3.63) is 36.1 Å². The Bertz CT molecular complexity index is 800. The molecular weight excluding hydrogens is 296 g/mol. The number of nitrogen functional groups attached to an aromatic ring is 1. The number of para-hydroxylation sites is 1. The first-order chi connectivity index (χ1) is 11.2. The van der Waals surface area contributed by atoms with E-state index < -0.39 is 0 Å². The molecule has 0 radical (unpaired) electrons. The molecule has 0 saturated carbocycles. The summed E-state index contributed by atoms with van der Waals surface area (Å²) in [4.78, 5) is 0. The first-order valence-electron chi connectivity index (χ1n) is 7.21. The minimum atomic E-state index is 0.220. The third-order valence-electron chi connectivity index (χ3n) is 3.54. The number of anilines is 1. The van der Waals surface area contributed by atoms with Crippen LogP contribution in [0, 0.1) is 0 Å². The number of nitrogens with two attached hydrogens (primary N) is 1. The third kappa shape index (κ3) is 2.50. The van der Waals surface area contributed by atoms with Gasteiger partial charge < -0.3 is 19.6 Å². The zero-order valence-corrected chi connectivity index (χ0v) is 13.2. The Morgan fingerprint density at radius 3 is 2.35 bits per heavy atom. The second-order valence-corrected chi connectivity index (χ2v) is 4.85. The van der Waals surface area contributed by atoms with Gasteiger partial charge in [0.15, 0.2) is 5.76 Å². The highest BCUT2D eigenvalue weighted by molar-refractivity contribution is 5.65. The van der Waals surface area contributed by atoms with E-state index >= 15 is 0 Å². The average Bonchev–Trinajstić information content (AvgIpc) is 3.20. The van der Waals surface area contributed by atoms with Gasteiger partial charge in [0.1, 0.15) is 22.9 Å². The number of rotatable bonds is 5. The number of methoxy groups -OCH3 is 2. The first-order valence-corrected chi connectivity index (χ1v) is 7.21. The fraction of sp³-hybridized carbons (Fsp3) is 0.250. The van der Waals surface area contributed by atoms with Crippen LogP contribution >= 0.6 is 0 Å². The zero-order valence-electron chi connectivity index (χ0n) is 13.2. The summed E-state index contributed by atoms with van der Waals surface area (Å²) >= 11 is 0. The Hall–Kier alpha value is -2.96. The van der Waals surface area contributed by atoms with Crippen LogP contribution in [0.5, 0.6) is 11.5 Å². The Morgan fingerprint density at radius 1 is 1.09 bits per heavy atom. The monoisotopic (exact) mass is 314 g/mol. The van der Waals surface area contributed by atoms with Gasteiger partial charge in [-0.3, -0.25) is 4.57 Å². The summed E-state index contributed by atoms with van der Waals surface area (Å²) in [5.41, 5.74) is 6.66. The lowest BCUT2D eigenvalue weighted by atomic mass is 10.2. The number of ether oxygens (including phenoxy) is 2. The van der Waals surface area contributed by atoms with Crippen LogP contribution in [0.25, 0.3) is 17.3 Å². The quantitative estimate of drug-likeness (QED) is 0.779. The smallest absolute Gasteiger partial charge is 0.227 e. The van der Waals surface area contributed by atoms with Crippen molar-refractivity contribution in [3.63, 3.8) is 0 Å². The molecule has 2 aromatic heterocycles. The summed E-state index contributed by atoms with van der Waals surface area (Å²) in [5, 5.41) is 8.12. The highest BCUT2D eigenvalue weighted by Crippen LogP contribution is 2.37. The Balaban J connectivity index is 2.24. The molecule has 0 aliphatic carbocycles. The highest BCUT2D eigenvalue weighted by Gasteiger charge is 2.22. The van der Waals surface area contributed by atoms with E-state index in [0.29, 0.717) is 28.8 Å². The number of nitrogens with zero attached hydrogens (tertiary/aromatic N) is 3. The van der Waals surface area contributed by atoms with Crippen molar-refractivity contribution in [1.29, 1.82) is 0 Å². The number of furan rings is 1. The van der Waals surface area contributed by atoms with Gasteiger partial charge in [-0.25, -0.2) is 0 Å². The van der Waals surface area contributed by atoms with Crippen LogP contribution < -0.4 is 15.2 Å². The van der Waals surface area contributed by atoms with Crippen LogP contribution in [-0.4, -0.2) is 29.0 Å². The lowest BCUT2D eigenvalue weighted by Crippen LogP contribution is -2.06. The van der Waals surface area contributed by atoms with Gasteiger partial charge in [0.05, 0.1) is 14.2 Å². The topological polar surface area (TPSA) is 88.3 Å². The van der Waals surface area contributed by atoms with E-state index in [1.165, 1.54) is 0 Å². The molecule has 0 bridgehead atoms. The van der Waals surface area contributed by atoms with Crippen molar-refractivity contribution < 1.29 is 13.9 Å². The third-order valence-corrected chi connectivity index (χ3v) is 3.54. The van der Waals surface area contributed by atoms with Crippen LogP contribution in [0.3, 0.4) is 0 Å². The normalized spacial score (nSPS) is 10.7. The Morgan fingerprint density at radius 2 is 1.78 bits per heavy atom. The zero-order chi connectivity index (χ0) is 16.4. The van der Waals surface area contributed by atoms with E-state index in [9.17, 15) is 0 Å². The van der Waals surface area contributed by atoms with Gasteiger partial charge in [-0.15, -0.1) is 10.2 Å². The molecule has 0 atom stereocenters. The lowest BCUT2D eigenvalue weighted by molar-refractivity contribution is 0.391. The predicted octanol–water partition coefficient (Wildman–Crippen LogP) is 2.69. The Labute approximate surface area is 133 Å². The van der Waals surface area contributed by atoms with Crippen LogP contribution in [0.4, 0.5) is 5.95 Å². The maximum absolute atomic E-state index is 6.03. The maximum Gasteiger partial charge on any atom is 0.227 e. The average molecular weight is 314 g/mol. The van der Waals surface area contributed by atoms with E-state index in [2.05, 4.69) is 10.2 Å². The van der Waals surface area contributed by atoms with Crippen molar-refractivity contribution in [1.82, 2.24) is 14.8 Å². The lowest BCUT2D eigenvalue weighted by Gasteiger charge is -2.15. The molecule has 0 spiro atoms. The summed E-state index contributed by atoms with van der Waals surface area (Å²) in [6.45, 7) is 2.02. The van der Waals surface area contributed by atoms with Crippen LogP contribution in [0.1, 0.15) is 12.7 Å². The van der Waals surface area contributed by atoms with Gasteiger partial charge in [0.2, 0.25) is 11.8 Å². The summed E-state index contributed by atoms with van der Waals surface area (Å²) in [7, 11) is 3.17. The standard InChI is InChI=1S/C16H18N4O3/c1-4-10-8-9-13(23-10)15-18-19-16(17)20(15)14-11(21-2)6-5-7-12(14)22-3/h5-9H,4H2,1-3H3,(H2,17,19). The molecule has 1 aromatic carbocycles. The second-order valence-electron chi connectivity index (χ2n) is 4.85. The number of aryl methyl sites for hydroxylation is 1.